The second-order valence-corrected chi connectivity index (χ2v) is 7.23. The lowest BCUT2D eigenvalue weighted by Crippen LogP contribution is -2.20. The van der Waals surface area contributed by atoms with Crippen molar-refractivity contribution in [2.45, 2.75) is 6.42 Å². The van der Waals surface area contributed by atoms with Gasteiger partial charge >= 0.3 is 0 Å². The molecule has 3 aromatic carbocycles. The second kappa shape index (κ2) is 7.03. The van der Waals surface area contributed by atoms with Gasteiger partial charge in [-0.1, -0.05) is 78.9 Å². The van der Waals surface area contributed by atoms with E-state index in [1.807, 2.05) is 18.2 Å². The molecule has 0 spiro atoms. The van der Waals surface area contributed by atoms with Crippen molar-refractivity contribution in [2.24, 2.45) is 0 Å². The lowest BCUT2D eigenvalue weighted by atomic mass is 10.2. The molecule has 0 fully saturated rings. The average Bonchev–Trinajstić information content (AvgIpc) is 2.58. The fraction of sp³-hybridized carbons (Fsp3) is 0.0500. The van der Waals surface area contributed by atoms with Gasteiger partial charge in [0.15, 0.2) is 0 Å². The zero-order valence-electron chi connectivity index (χ0n) is 12.2. The van der Waals surface area contributed by atoms with E-state index >= 15 is 0 Å². The maximum atomic E-state index is 8.94. The SMILES string of the molecule is N#CCc1cccc(P(c2ccccc2)c2ccccc2)c1. The molecule has 0 N–H and O–H groups in total. The highest BCUT2D eigenvalue weighted by Gasteiger charge is 2.16. The molecule has 0 atom stereocenters. The molecule has 0 saturated heterocycles. The van der Waals surface area contributed by atoms with E-state index in [2.05, 4.69) is 72.8 Å². The number of benzene rings is 3. The highest BCUT2D eigenvalue weighted by atomic mass is 31.1. The minimum absolute atomic E-state index is 0.459. The molecule has 0 unspecified atom stereocenters. The average molecular weight is 301 g/mol. The van der Waals surface area contributed by atoms with Crippen LogP contribution >= 0.6 is 7.92 Å². The predicted molar refractivity (Wildman–Crippen MR) is 94.5 cm³/mol. The molecule has 2 heteroatoms. The standard InChI is InChI=1S/C20H16NP/c21-15-14-17-8-7-13-20(16-17)22(18-9-3-1-4-10-18)19-11-5-2-6-12-19/h1-13,16H,14H2. The largest absolute Gasteiger partial charge is 0.198 e. The van der Waals surface area contributed by atoms with E-state index in [9.17, 15) is 0 Å². The number of nitrogens with zero attached hydrogens (tertiary/aromatic N) is 1. The van der Waals surface area contributed by atoms with Crippen LogP contribution in [0.5, 0.6) is 0 Å². The summed E-state index contributed by atoms with van der Waals surface area (Å²) < 4.78 is 0. The van der Waals surface area contributed by atoms with Crippen molar-refractivity contribution in [1.82, 2.24) is 0 Å². The number of hydrogen-bond acceptors (Lipinski definition) is 1. The molecule has 0 radical (unpaired) electrons. The van der Waals surface area contributed by atoms with Crippen LogP contribution in [-0.2, 0) is 6.42 Å². The molecule has 0 saturated carbocycles. The molecule has 3 rings (SSSR count). The van der Waals surface area contributed by atoms with Crippen LogP contribution in [-0.4, -0.2) is 0 Å². The predicted octanol–water partition coefficient (Wildman–Crippen LogP) is 3.51. The maximum absolute atomic E-state index is 8.94. The molecule has 0 heterocycles. The molecule has 0 aliphatic carbocycles. The number of rotatable bonds is 4. The summed E-state index contributed by atoms with van der Waals surface area (Å²) in [6, 6.07) is 31.9. The Bertz CT molecular complexity index is 736. The first-order valence-corrected chi connectivity index (χ1v) is 8.59. The van der Waals surface area contributed by atoms with Gasteiger partial charge in [0.2, 0.25) is 0 Å². The molecule has 0 aromatic heterocycles. The third kappa shape index (κ3) is 3.25. The second-order valence-electron chi connectivity index (χ2n) is 5.01. The Balaban J connectivity index is 2.10. The minimum atomic E-state index is -0.582. The molecule has 0 aliphatic heterocycles. The van der Waals surface area contributed by atoms with Crippen molar-refractivity contribution >= 4 is 23.8 Å². The summed E-state index contributed by atoms with van der Waals surface area (Å²) in [6.07, 6.45) is 0.459. The smallest absolute Gasteiger partial charge is 0.0669 e. The van der Waals surface area contributed by atoms with Crippen LogP contribution in [0, 0.1) is 11.3 Å². The van der Waals surface area contributed by atoms with Gasteiger partial charge < -0.3 is 0 Å². The topological polar surface area (TPSA) is 23.8 Å². The van der Waals surface area contributed by atoms with Gasteiger partial charge in [-0.05, 0) is 35.5 Å². The Labute approximate surface area is 132 Å². The lowest BCUT2D eigenvalue weighted by molar-refractivity contribution is 1.27. The Morgan fingerprint density at radius 2 is 1.23 bits per heavy atom. The van der Waals surface area contributed by atoms with Crippen LogP contribution in [0.4, 0.5) is 0 Å². The van der Waals surface area contributed by atoms with E-state index in [-0.39, 0.29) is 0 Å². The number of hydrogen-bond donors (Lipinski definition) is 0. The molecule has 106 valence electrons. The summed E-state index contributed by atoms with van der Waals surface area (Å²) in [6.45, 7) is 0. The van der Waals surface area contributed by atoms with Crippen LogP contribution in [0.15, 0.2) is 84.9 Å². The molecular formula is C20H16NP. The van der Waals surface area contributed by atoms with Crippen molar-refractivity contribution < 1.29 is 0 Å². The summed E-state index contributed by atoms with van der Waals surface area (Å²) >= 11 is 0. The van der Waals surface area contributed by atoms with Gasteiger partial charge in [0.25, 0.3) is 0 Å². The van der Waals surface area contributed by atoms with E-state index in [4.69, 9.17) is 5.26 Å². The van der Waals surface area contributed by atoms with Gasteiger partial charge in [-0.3, -0.25) is 0 Å². The van der Waals surface area contributed by atoms with Gasteiger partial charge in [0.1, 0.15) is 0 Å². The Morgan fingerprint density at radius 3 is 1.77 bits per heavy atom. The van der Waals surface area contributed by atoms with E-state index in [1.54, 1.807) is 0 Å². The quantitative estimate of drug-likeness (QED) is 0.677. The van der Waals surface area contributed by atoms with Gasteiger partial charge in [-0.15, -0.1) is 0 Å². The molecule has 0 aliphatic rings. The summed E-state index contributed by atoms with van der Waals surface area (Å²) in [5.41, 5.74) is 1.08. The summed E-state index contributed by atoms with van der Waals surface area (Å²) in [7, 11) is -0.582. The fourth-order valence-electron chi connectivity index (χ4n) is 2.50. The van der Waals surface area contributed by atoms with Gasteiger partial charge in [0.05, 0.1) is 12.5 Å². The van der Waals surface area contributed by atoms with Crippen LogP contribution in [0.2, 0.25) is 0 Å². The van der Waals surface area contributed by atoms with E-state index in [0.717, 1.165) is 5.56 Å². The summed E-state index contributed by atoms with van der Waals surface area (Å²) in [5.74, 6) is 0. The molecule has 3 aromatic rings. The van der Waals surface area contributed by atoms with Crippen LogP contribution < -0.4 is 15.9 Å². The fourth-order valence-corrected chi connectivity index (χ4v) is 4.86. The monoisotopic (exact) mass is 301 g/mol. The van der Waals surface area contributed by atoms with E-state index in [0.29, 0.717) is 6.42 Å². The zero-order chi connectivity index (χ0) is 15.2. The maximum Gasteiger partial charge on any atom is 0.0669 e. The number of nitriles is 1. The highest BCUT2D eigenvalue weighted by molar-refractivity contribution is 7.79. The lowest BCUT2D eigenvalue weighted by Gasteiger charge is -2.19. The van der Waals surface area contributed by atoms with Crippen molar-refractivity contribution in [2.75, 3.05) is 0 Å². The zero-order valence-corrected chi connectivity index (χ0v) is 13.1. The van der Waals surface area contributed by atoms with Gasteiger partial charge in [0, 0.05) is 0 Å². The van der Waals surface area contributed by atoms with Crippen LogP contribution in [0.25, 0.3) is 0 Å². The third-order valence-electron chi connectivity index (χ3n) is 3.48. The van der Waals surface area contributed by atoms with Crippen molar-refractivity contribution in [3.8, 4) is 6.07 Å². The Morgan fingerprint density at radius 1 is 0.682 bits per heavy atom. The first-order chi connectivity index (χ1) is 10.9. The van der Waals surface area contributed by atoms with E-state index in [1.165, 1.54) is 15.9 Å². The molecule has 0 bridgehead atoms. The third-order valence-corrected chi connectivity index (χ3v) is 5.90. The Hall–Kier alpha value is -2.42. The molecule has 22 heavy (non-hydrogen) atoms. The molecular weight excluding hydrogens is 285 g/mol. The first kappa shape index (κ1) is 14.5. The summed E-state index contributed by atoms with van der Waals surface area (Å²) in [5, 5.41) is 12.9. The molecule has 0 amide bonds. The van der Waals surface area contributed by atoms with Crippen molar-refractivity contribution in [1.29, 1.82) is 5.26 Å². The van der Waals surface area contributed by atoms with Crippen LogP contribution in [0.1, 0.15) is 5.56 Å². The van der Waals surface area contributed by atoms with Crippen molar-refractivity contribution in [3.63, 3.8) is 0 Å². The highest BCUT2D eigenvalue weighted by Crippen LogP contribution is 2.32. The van der Waals surface area contributed by atoms with Crippen molar-refractivity contribution in [3.05, 3.63) is 90.5 Å². The van der Waals surface area contributed by atoms with Gasteiger partial charge in [-0.2, -0.15) is 5.26 Å². The van der Waals surface area contributed by atoms with Gasteiger partial charge in [-0.25, -0.2) is 0 Å². The van der Waals surface area contributed by atoms with E-state index < -0.39 is 7.92 Å². The first-order valence-electron chi connectivity index (χ1n) is 7.24. The minimum Gasteiger partial charge on any atom is -0.198 e. The Kier molecular flexibility index (Phi) is 4.64. The van der Waals surface area contributed by atoms with Crippen LogP contribution in [0.3, 0.4) is 0 Å². The normalized spacial score (nSPS) is 10.4. The molecule has 1 nitrogen and oxygen atoms in total. The summed E-state index contributed by atoms with van der Waals surface area (Å²) in [4.78, 5) is 0.